The van der Waals surface area contributed by atoms with Crippen molar-refractivity contribution < 1.29 is 0 Å². The van der Waals surface area contributed by atoms with Crippen molar-refractivity contribution in [3.63, 3.8) is 0 Å². The highest BCUT2D eigenvalue weighted by molar-refractivity contribution is 6.33. The molecule has 1 aliphatic rings. The van der Waals surface area contributed by atoms with Crippen LogP contribution in [0.3, 0.4) is 0 Å². The van der Waals surface area contributed by atoms with Gasteiger partial charge >= 0.3 is 0 Å². The first-order chi connectivity index (χ1) is 8.25. The molecule has 0 saturated carbocycles. The van der Waals surface area contributed by atoms with Crippen LogP contribution < -0.4 is 5.73 Å². The van der Waals surface area contributed by atoms with Crippen molar-refractivity contribution in [1.82, 2.24) is 14.8 Å². The van der Waals surface area contributed by atoms with Crippen molar-refractivity contribution in [1.29, 1.82) is 0 Å². The second-order valence-electron chi connectivity index (χ2n) is 4.27. The highest BCUT2D eigenvalue weighted by Crippen LogP contribution is 2.33. The Morgan fingerprint density at radius 3 is 3.00 bits per heavy atom. The van der Waals surface area contributed by atoms with E-state index in [-0.39, 0.29) is 0 Å². The van der Waals surface area contributed by atoms with Crippen molar-refractivity contribution >= 4 is 17.4 Å². The molecule has 3 rings (SSSR count). The summed E-state index contributed by atoms with van der Waals surface area (Å²) in [6.45, 7) is 0.994. The van der Waals surface area contributed by atoms with Gasteiger partial charge in [0, 0.05) is 29.6 Å². The minimum atomic E-state index is 0.486. The van der Waals surface area contributed by atoms with Crippen molar-refractivity contribution in [3.05, 3.63) is 29.2 Å². The standard InChI is InChI=1S/C12H13ClN4/c13-10-7-15-12(14)5-8(10)9-6-16-17-4-2-1-3-11(9)17/h5-7H,1-4H2,(H2,14,15). The lowest BCUT2D eigenvalue weighted by atomic mass is 10.0. The van der Waals surface area contributed by atoms with Crippen molar-refractivity contribution in [2.24, 2.45) is 0 Å². The molecular formula is C12H13ClN4. The summed E-state index contributed by atoms with van der Waals surface area (Å²) in [6, 6.07) is 1.81. The van der Waals surface area contributed by atoms with E-state index in [2.05, 4.69) is 14.8 Å². The predicted molar refractivity (Wildman–Crippen MR) is 67.8 cm³/mol. The van der Waals surface area contributed by atoms with E-state index in [4.69, 9.17) is 17.3 Å². The third-order valence-corrected chi connectivity index (χ3v) is 3.45. The molecule has 1 aliphatic heterocycles. The fraction of sp³-hybridized carbons (Fsp3) is 0.333. The molecule has 2 N–H and O–H groups in total. The summed E-state index contributed by atoms with van der Waals surface area (Å²) < 4.78 is 2.06. The van der Waals surface area contributed by atoms with Crippen LogP contribution in [0.25, 0.3) is 11.1 Å². The average Bonchev–Trinajstić information content (AvgIpc) is 2.76. The number of aromatic nitrogens is 3. The SMILES string of the molecule is Nc1cc(-c2cnn3c2CCCC3)c(Cl)cn1. The van der Waals surface area contributed by atoms with Crippen molar-refractivity contribution in [2.45, 2.75) is 25.8 Å². The highest BCUT2D eigenvalue weighted by atomic mass is 35.5. The van der Waals surface area contributed by atoms with Gasteiger partial charge in [-0.2, -0.15) is 5.10 Å². The van der Waals surface area contributed by atoms with Gasteiger partial charge in [0.05, 0.1) is 11.2 Å². The van der Waals surface area contributed by atoms with Gasteiger partial charge in [0.2, 0.25) is 0 Å². The first kappa shape index (κ1) is 10.6. The molecular weight excluding hydrogens is 236 g/mol. The number of fused-ring (bicyclic) bond motifs is 1. The molecule has 0 unspecified atom stereocenters. The molecule has 0 amide bonds. The molecule has 2 aromatic heterocycles. The molecule has 17 heavy (non-hydrogen) atoms. The van der Waals surface area contributed by atoms with Crippen LogP contribution in [0.1, 0.15) is 18.5 Å². The van der Waals surface area contributed by atoms with Crippen LogP contribution in [0.15, 0.2) is 18.5 Å². The zero-order chi connectivity index (χ0) is 11.8. The number of hydrogen-bond acceptors (Lipinski definition) is 3. The lowest BCUT2D eigenvalue weighted by molar-refractivity contribution is 0.487. The fourth-order valence-corrected chi connectivity index (χ4v) is 2.51. The Balaban J connectivity index is 2.15. The van der Waals surface area contributed by atoms with Crippen LogP contribution in [0.2, 0.25) is 5.02 Å². The van der Waals surface area contributed by atoms with Crippen LogP contribution in [-0.2, 0) is 13.0 Å². The van der Waals surface area contributed by atoms with Gasteiger partial charge in [0.15, 0.2) is 0 Å². The second kappa shape index (κ2) is 4.04. The Morgan fingerprint density at radius 1 is 1.24 bits per heavy atom. The highest BCUT2D eigenvalue weighted by Gasteiger charge is 2.17. The zero-order valence-corrected chi connectivity index (χ0v) is 10.1. The van der Waals surface area contributed by atoms with E-state index >= 15 is 0 Å². The van der Waals surface area contributed by atoms with Crippen molar-refractivity contribution in [2.75, 3.05) is 5.73 Å². The van der Waals surface area contributed by atoms with E-state index in [9.17, 15) is 0 Å². The largest absolute Gasteiger partial charge is 0.384 e. The number of nitrogen functional groups attached to an aromatic ring is 1. The van der Waals surface area contributed by atoms with Gasteiger partial charge < -0.3 is 5.73 Å². The molecule has 0 saturated heterocycles. The summed E-state index contributed by atoms with van der Waals surface area (Å²) in [4.78, 5) is 3.98. The first-order valence-corrected chi connectivity index (χ1v) is 6.09. The summed E-state index contributed by atoms with van der Waals surface area (Å²) in [5.41, 5.74) is 8.99. The lowest BCUT2D eigenvalue weighted by Crippen LogP contribution is -2.11. The van der Waals surface area contributed by atoms with Gasteiger partial charge in [-0.15, -0.1) is 0 Å². The van der Waals surface area contributed by atoms with E-state index in [1.165, 1.54) is 18.5 Å². The minimum Gasteiger partial charge on any atom is -0.384 e. The van der Waals surface area contributed by atoms with Crippen LogP contribution in [0.5, 0.6) is 0 Å². The summed E-state index contributed by atoms with van der Waals surface area (Å²) in [7, 11) is 0. The van der Waals surface area contributed by atoms with Gasteiger partial charge in [0.25, 0.3) is 0 Å². The molecule has 2 aromatic rings. The van der Waals surface area contributed by atoms with Gasteiger partial charge in [0.1, 0.15) is 5.82 Å². The Hall–Kier alpha value is -1.55. The van der Waals surface area contributed by atoms with Gasteiger partial charge in [-0.25, -0.2) is 4.98 Å². The maximum atomic E-state index is 6.18. The normalized spacial score (nSPS) is 14.6. The average molecular weight is 249 g/mol. The number of nitrogens with two attached hydrogens (primary N) is 1. The monoisotopic (exact) mass is 248 g/mol. The van der Waals surface area contributed by atoms with E-state index in [1.54, 1.807) is 6.20 Å². The second-order valence-corrected chi connectivity index (χ2v) is 4.68. The van der Waals surface area contributed by atoms with Crippen LogP contribution in [0.4, 0.5) is 5.82 Å². The maximum absolute atomic E-state index is 6.18. The fourth-order valence-electron chi connectivity index (χ4n) is 2.31. The number of hydrogen-bond donors (Lipinski definition) is 1. The molecule has 0 fully saturated rings. The molecule has 0 bridgehead atoms. The Bertz CT molecular complexity index is 562. The number of halogens is 1. The molecule has 5 heteroatoms. The van der Waals surface area contributed by atoms with Gasteiger partial charge in [-0.05, 0) is 25.3 Å². The molecule has 0 radical (unpaired) electrons. The van der Waals surface area contributed by atoms with Crippen LogP contribution in [-0.4, -0.2) is 14.8 Å². The molecule has 0 aliphatic carbocycles. The zero-order valence-electron chi connectivity index (χ0n) is 9.36. The van der Waals surface area contributed by atoms with E-state index in [0.717, 1.165) is 24.1 Å². The number of rotatable bonds is 1. The molecule has 0 spiro atoms. The smallest absolute Gasteiger partial charge is 0.124 e. The molecule has 3 heterocycles. The number of pyridine rings is 1. The minimum absolute atomic E-state index is 0.486. The van der Waals surface area contributed by atoms with Crippen LogP contribution >= 0.6 is 11.6 Å². The summed E-state index contributed by atoms with van der Waals surface area (Å²) >= 11 is 6.18. The number of anilines is 1. The maximum Gasteiger partial charge on any atom is 0.124 e. The summed E-state index contributed by atoms with van der Waals surface area (Å²) in [5.74, 6) is 0.486. The summed E-state index contributed by atoms with van der Waals surface area (Å²) in [5, 5.41) is 5.03. The predicted octanol–water partition coefficient (Wildman–Crippen LogP) is 2.52. The number of nitrogens with zero attached hydrogens (tertiary/aromatic N) is 3. The van der Waals surface area contributed by atoms with Gasteiger partial charge in [-0.1, -0.05) is 11.6 Å². The Labute approximate surface area is 104 Å². The summed E-state index contributed by atoms with van der Waals surface area (Å²) in [6.07, 6.45) is 6.92. The molecule has 0 aromatic carbocycles. The topological polar surface area (TPSA) is 56.7 Å². The van der Waals surface area contributed by atoms with Gasteiger partial charge in [-0.3, -0.25) is 4.68 Å². The molecule has 4 nitrogen and oxygen atoms in total. The number of aryl methyl sites for hydroxylation is 1. The molecule has 0 atom stereocenters. The van der Waals surface area contributed by atoms with E-state index < -0.39 is 0 Å². The quantitative estimate of drug-likeness (QED) is 0.844. The van der Waals surface area contributed by atoms with E-state index in [0.29, 0.717) is 10.8 Å². The Kier molecular flexibility index (Phi) is 2.52. The third kappa shape index (κ3) is 1.78. The van der Waals surface area contributed by atoms with E-state index in [1.807, 2.05) is 12.3 Å². The molecule has 88 valence electrons. The lowest BCUT2D eigenvalue weighted by Gasteiger charge is -2.15. The van der Waals surface area contributed by atoms with Crippen LogP contribution in [0, 0.1) is 0 Å². The Morgan fingerprint density at radius 2 is 2.12 bits per heavy atom. The third-order valence-electron chi connectivity index (χ3n) is 3.15. The van der Waals surface area contributed by atoms with Crippen molar-refractivity contribution in [3.8, 4) is 11.1 Å². The first-order valence-electron chi connectivity index (χ1n) is 5.72.